The van der Waals surface area contributed by atoms with Gasteiger partial charge in [0.15, 0.2) is 0 Å². The molecule has 0 amide bonds. The second-order valence-electron chi connectivity index (χ2n) is 4.50. The number of halogens is 1. The molecule has 0 N–H and O–H groups in total. The number of pyridine rings is 1. The van der Waals surface area contributed by atoms with E-state index in [4.69, 9.17) is 0 Å². The van der Waals surface area contributed by atoms with Crippen LogP contribution in [0.15, 0.2) is 53.6 Å². The Morgan fingerprint density at radius 2 is 1.86 bits per heavy atom. The highest BCUT2D eigenvalue weighted by Gasteiger charge is 2.25. The van der Waals surface area contributed by atoms with Gasteiger partial charge < -0.3 is 0 Å². The van der Waals surface area contributed by atoms with Crippen molar-refractivity contribution in [2.75, 3.05) is 13.1 Å². The van der Waals surface area contributed by atoms with Crippen molar-refractivity contribution in [2.45, 2.75) is 18.2 Å². The van der Waals surface area contributed by atoms with Crippen molar-refractivity contribution in [1.82, 2.24) is 9.29 Å². The predicted octanol–water partition coefficient (Wildman–Crippen LogP) is 2.47. The quantitative estimate of drug-likeness (QED) is 0.824. The second-order valence-corrected chi connectivity index (χ2v) is 6.40. The molecule has 0 aliphatic heterocycles. The van der Waals surface area contributed by atoms with E-state index in [-0.39, 0.29) is 18.0 Å². The van der Waals surface area contributed by atoms with Gasteiger partial charge in [-0.15, -0.1) is 0 Å². The Hall–Kier alpha value is -1.79. The number of likely N-dealkylation sites (N-methyl/N-ethyl adjacent to an activating group) is 1. The van der Waals surface area contributed by atoms with Gasteiger partial charge >= 0.3 is 0 Å². The van der Waals surface area contributed by atoms with Crippen LogP contribution in [0.4, 0.5) is 4.39 Å². The number of aromatic nitrogens is 1. The predicted molar refractivity (Wildman–Crippen MR) is 78.8 cm³/mol. The van der Waals surface area contributed by atoms with Crippen LogP contribution in [0, 0.1) is 5.82 Å². The molecule has 6 heteroatoms. The SMILES string of the molecule is CCN(CCc1ccccn1)S(=O)(=O)c1ccccc1F. The van der Waals surface area contributed by atoms with Gasteiger partial charge in [0.1, 0.15) is 10.7 Å². The second kappa shape index (κ2) is 6.78. The smallest absolute Gasteiger partial charge is 0.245 e. The molecule has 0 radical (unpaired) electrons. The number of hydrogen-bond donors (Lipinski definition) is 0. The van der Waals surface area contributed by atoms with E-state index in [2.05, 4.69) is 4.98 Å². The number of benzene rings is 1. The third-order valence-corrected chi connectivity index (χ3v) is 5.16. The molecule has 0 aliphatic carbocycles. The van der Waals surface area contributed by atoms with Crippen molar-refractivity contribution in [2.24, 2.45) is 0 Å². The molecule has 0 fully saturated rings. The maximum atomic E-state index is 13.7. The molecule has 1 aromatic heterocycles. The van der Waals surface area contributed by atoms with E-state index >= 15 is 0 Å². The van der Waals surface area contributed by atoms with Crippen molar-refractivity contribution < 1.29 is 12.8 Å². The normalized spacial score (nSPS) is 11.8. The molecule has 0 atom stereocenters. The van der Waals surface area contributed by atoms with Crippen LogP contribution in [-0.4, -0.2) is 30.8 Å². The summed E-state index contributed by atoms with van der Waals surface area (Å²) in [6, 6.07) is 10.9. The van der Waals surface area contributed by atoms with E-state index in [1.165, 1.54) is 22.5 Å². The molecule has 0 aliphatic rings. The van der Waals surface area contributed by atoms with Gasteiger partial charge in [-0.1, -0.05) is 25.1 Å². The minimum Gasteiger partial charge on any atom is -0.261 e. The maximum Gasteiger partial charge on any atom is 0.245 e. The summed E-state index contributed by atoms with van der Waals surface area (Å²) in [7, 11) is -3.82. The van der Waals surface area contributed by atoms with Gasteiger partial charge in [0.25, 0.3) is 0 Å². The molecule has 0 unspecified atom stereocenters. The van der Waals surface area contributed by atoms with Gasteiger partial charge in [-0.3, -0.25) is 4.98 Å². The Morgan fingerprint density at radius 1 is 1.14 bits per heavy atom. The lowest BCUT2D eigenvalue weighted by atomic mass is 10.3. The lowest BCUT2D eigenvalue weighted by Gasteiger charge is -2.20. The molecular formula is C15H17FN2O2S. The molecule has 112 valence electrons. The summed E-state index contributed by atoms with van der Waals surface area (Å²) in [5, 5.41) is 0. The minimum absolute atomic E-state index is 0.268. The van der Waals surface area contributed by atoms with E-state index in [0.29, 0.717) is 6.42 Å². The maximum absolute atomic E-state index is 13.7. The fourth-order valence-electron chi connectivity index (χ4n) is 2.03. The Morgan fingerprint density at radius 3 is 2.48 bits per heavy atom. The van der Waals surface area contributed by atoms with Crippen LogP contribution in [0.2, 0.25) is 0 Å². The van der Waals surface area contributed by atoms with Gasteiger partial charge in [-0.2, -0.15) is 4.31 Å². The van der Waals surface area contributed by atoms with Gasteiger partial charge in [-0.25, -0.2) is 12.8 Å². The molecule has 2 rings (SSSR count). The molecule has 1 heterocycles. The van der Waals surface area contributed by atoms with Gasteiger partial charge in [0.05, 0.1) is 0 Å². The first-order chi connectivity index (χ1) is 10.1. The Balaban J connectivity index is 2.19. The Kier molecular flexibility index (Phi) is 5.03. The monoisotopic (exact) mass is 308 g/mol. The third kappa shape index (κ3) is 3.65. The van der Waals surface area contributed by atoms with Crippen LogP contribution in [0.1, 0.15) is 12.6 Å². The zero-order valence-electron chi connectivity index (χ0n) is 11.7. The molecule has 2 aromatic rings. The molecule has 21 heavy (non-hydrogen) atoms. The minimum atomic E-state index is -3.82. The summed E-state index contributed by atoms with van der Waals surface area (Å²) in [4.78, 5) is 3.88. The summed E-state index contributed by atoms with van der Waals surface area (Å²) >= 11 is 0. The number of hydrogen-bond acceptors (Lipinski definition) is 3. The highest BCUT2D eigenvalue weighted by molar-refractivity contribution is 7.89. The average Bonchev–Trinajstić information content (AvgIpc) is 2.49. The summed E-state index contributed by atoms with van der Waals surface area (Å²) < 4.78 is 39.9. The molecule has 0 bridgehead atoms. The Bertz CT molecular complexity index is 690. The number of rotatable bonds is 6. The first-order valence-electron chi connectivity index (χ1n) is 6.70. The van der Waals surface area contributed by atoms with E-state index in [0.717, 1.165) is 11.8 Å². The zero-order valence-corrected chi connectivity index (χ0v) is 12.6. The van der Waals surface area contributed by atoms with Crippen molar-refractivity contribution in [1.29, 1.82) is 0 Å². The van der Waals surface area contributed by atoms with E-state index in [1.807, 2.05) is 12.1 Å². The highest BCUT2D eigenvalue weighted by Crippen LogP contribution is 2.19. The van der Waals surface area contributed by atoms with Crippen LogP contribution >= 0.6 is 0 Å². The molecule has 0 saturated carbocycles. The fourth-order valence-corrected chi connectivity index (χ4v) is 3.54. The summed E-state index contributed by atoms with van der Waals surface area (Å²) in [6.07, 6.45) is 2.15. The van der Waals surface area contributed by atoms with Crippen LogP contribution < -0.4 is 0 Å². The van der Waals surface area contributed by atoms with Crippen molar-refractivity contribution in [3.05, 3.63) is 60.2 Å². The van der Waals surface area contributed by atoms with Crippen LogP contribution in [0.25, 0.3) is 0 Å². The summed E-state index contributed by atoms with van der Waals surface area (Å²) in [5.74, 6) is -0.728. The zero-order chi connectivity index (χ0) is 15.3. The van der Waals surface area contributed by atoms with Crippen LogP contribution in [0.3, 0.4) is 0 Å². The van der Waals surface area contributed by atoms with Crippen molar-refractivity contribution in [3.8, 4) is 0 Å². The van der Waals surface area contributed by atoms with Crippen molar-refractivity contribution in [3.63, 3.8) is 0 Å². The lowest BCUT2D eigenvalue weighted by Crippen LogP contribution is -2.33. The summed E-state index contributed by atoms with van der Waals surface area (Å²) in [6.45, 7) is 2.28. The van der Waals surface area contributed by atoms with Gasteiger partial charge in [-0.05, 0) is 24.3 Å². The fraction of sp³-hybridized carbons (Fsp3) is 0.267. The molecule has 0 saturated heterocycles. The first kappa shape index (κ1) is 15.6. The molecule has 0 spiro atoms. The highest BCUT2D eigenvalue weighted by atomic mass is 32.2. The largest absolute Gasteiger partial charge is 0.261 e. The number of nitrogens with zero attached hydrogens (tertiary/aromatic N) is 2. The molecular weight excluding hydrogens is 291 g/mol. The average molecular weight is 308 g/mol. The van der Waals surface area contributed by atoms with Gasteiger partial charge in [0.2, 0.25) is 10.0 Å². The molecule has 1 aromatic carbocycles. The van der Waals surface area contributed by atoms with E-state index in [9.17, 15) is 12.8 Å². The van der Waals surface area contributed by atoms with Crippen LogP contribution in [-0.2, 0) is 16.4 Å². The number of sulfonamides is 1. The Labute approximate surface area is 124 Å². The lowest BCUT2D eigenvalue weighted by molar-refractivity contribution is 0.425. The van der Waals surface area contributed by atoms with Crippen LogP contribution in [0.5, 0.6) is 0 Å². The first-order valence-corrected chi connectivity index (χ1v) is 8.14. The van der Waals surface area contributed by atoms with E-state index in [1.54, 1.807) is 19.2 Å². The van der Waals surface area contributed by atoms with Crippen molar-refractivity contribution >= 4 is 10.0 Å². The van der Waals surface area contributed by atoms with Gasteiger partial charge in [0, 0.05) is 31.4 Å². The third-order valence-electron chi connectivity index (χ3n) is 3.15. The standard InChI is InChI=1S/C15H17FN2O2S/c1-2-18(12-10-13-7-5-6-11-17-13)21(19,20)15-9-4-3-8-14(15)16/h3-9,11H,2,10,12H2,1H3. The topological polar surface area (TPSA) is 50.3 Å². The summed E-state index contributed by atoms with van der Waals surface area (Å²) in [5.41, 5.74) is 0.805. The molecule has 4 nitrogen and oxygen atoms in total. The van der Waals surface area contributed by atoms with E-state index < -0.39 is 15.8 Å².